The van der Waals surface area contributed by atoms with Crippen molar-refractivity contribution in [2.24, 2.45) is 0 Å². The van der Waals surface area contributed by atoms with Crippen molar-refractivity contribution in [2.45, 2.75) is 20.4 Å². The lowest BCUT2D eigenvalue weighted by Crippen LogP contribution is -2.29. The summed E-state index contributed by atoms with van der Waals surface area (Å²) in [5.41, 5.74) is 1.02. The van der Waals surface area contributed by atoms with Gasteiger partial charge < -0.3 is 10.1 Å². The Morgan fingerprint density at radius 1 is 1.33 bits per heavy atom. The SMILES string of the molecule is COc1cccc(NC(=O)Cn2c(C)nc(C)cc2=O)c1. The van der Waals surface area contributed by atoms with Crippen LogP contribution in [0.3, 0.4) is 0 Å². The lowest BCUT2D eigenvalue weighted by atomic mass is 10.3. The molecule has 110 valence electrons. The van der Waals surface area contributed by atoms with E-state index in [0.29, 0.717) is 23.0 Å². The molecule has 0 aliphatic carbocycles. The minimum atomic E-state index is -0.292. The average Bonchev–Trinajstić information content (AvgIpc) is 2.43. The molecule has 1 N–H and O–H groups in total. The van der Waals surface area contributed by atoms with Gasteiger partial charge >= 0.3 is 0 Å². The normalized spacial score (nSPS) is 10.2. The van der Waals surface area contributed by atoms with E-state index < -0.39 is 0 Å². The quantitative estimate of drug-likeness (QED) is 0.925. The van der Waals surface area contributed by atoms with E-state index in [1.54, 1.807) is 45.2 Å². The smallest absolute Gasteiger partial charge is 0.254 e. The molecule has 6 nitrogen and oxygen atoms in total. The number of hydrogen-bond acceptors (Lipinski definition) is 4. The van der Waals surface area contributed by atoms with Crippen LogP contribution < -0.4 is 15.6 Å². The van der Waals surface area contributed by atoms with Gasteiger partial charge in [-0.3, -0.25) is 14.2 Å². The first-order valence-corrected chi connectivity index (χ1v) is 6.48. The summed E-state index contributed by atoms with van der Waals surface area (Å²) in [5, 5.41) is 2.73. The molecule has 0 aliphatic rings. The monoisotopic (exact) mass is 287 g/mol. The standard InChI is InChI=1S/C15H17N3O3/c1-10-7-15(20)18(11(2)16-10)9-14(19)17-12-5-4-6-13(8-12)21-3/h4-8H,9H2,1-3H3,(H,17,19). The van der Waals surface area contributed by atoms with Crippen LogP contribution >= 0.6 is 0 Å². The Hall–Kier alpha value is -2.63. The number of nitrogens with one attached hydrogen (secondary N) is 1. The summed E-state index contributed by atoms with van der Waals surface area (Å²) in [5.74, 6) is 0.873. The highest BCUT2D eigenvalue weighted by molar-refractivity contribution is 5.90. The van der Waals surface area contributed by atoms with Crippen LogP contribution in [0.25, 0.3) is 0 Å². The summed E-state index contributed by atoms with van der Waals surface area (Å²) in [7, 11) is 1.56. The van der Waals surface area contributed by atoms with Gasteiger partial charge in [0.25, 0.3) is 5.56 Å². The van der Waals surface area contributed by atoms with Gasteiger partial charge in [-0.05, 0) is 26.0 Å². The fourth-order valence-electron chi connectivity index (χ4n) is 2.00. The van der Waals surface area contributed by atoms with Gasteiger partial charge in [0.1, 0.15) is 18.1 Å². The van der Waals surface area contributed by atoms with Crippen LogP contribution in [0, 0.1) is 13.8 Å². The lowest BCUT2D eigenvalue weighted by molar-refractivity contribution is -0.116. The lowest BCUT2D eigenvalue weighted by Gasteiger charge is -2.10. The highest BCUT2D eigenvalue weighted by Gasteiger charge is 2.09. The van der Waals surface area contributed by atoms with Gasteiger partial charge in [0.15, 0.2) is 0 Å². The third-order valence-corrected chi connectivity index (χ3v) is 2.98. The molecule has 0 aliphatic heterocycles. The van der Waals surface area contributed by atoms with Crippen LogP contribution in [-0.2, 0) is 11.3 Å². The van der Waals surface area contributed by atoms with Gasteiger partial charge in [-0.2, -0.15) is 0 Å². The molecule has 1 aromatic carbocycles. The number of amides is 1. The second kappa shape index (κ2) is 6.21. The number of nitrogens with zero attached hydrogens (tertiary/aromatic N) is 2. The number of methoxy groups -OCH3 is 1. The highest BCUT2D eigenvalue weighted by atomic mass is 16.5. The minimum absolute atomic E-state index is 0.0742. The van der Waals surface area contributed by atoms with Gasteiger partial charge in [0.2, 0.25) is 5.91 Å². The van der Waals surface area contributed by atoms with Crippen molar-refractivity contribution in [3.8, 4) is 5.75 Å². The molecule has 2 rings (SSSR count). The van der Waals surface area contributed by atoms with Crippen LogP contribution in [0.5, 0.6) is 5.75 Å². The van der Waals surface area contributed by atoms with Crippen LogP contribution in [0.15, 0.2) is 35.1 Å². The van der Waals surface area contributed by atoms with Gasteiger partial charge in [-0.15, -0.1) is 0 Å². The molecular formula is C15H17N3O3. The zero-order chi connectivity index (χ0) is 15.4. The predicted octanol–water partition coefficient (Wildman–Crippen LogP) is 1.51. The van der Waals surface area contributed by atoms with E-state index in [1.807, 2.05) is 0 Å². The van der Waals surface area contributed by atoms with Crippen molar-refractivity contribution in [3.05, 3.63) is 52.2 Å². The zero-order valence-electron chi connectivity index (χ0n) is 12.2. The summed E-state index contributed by atoms with van der Waals surface area (Å²) in [6, 6.07) is 8.43. The molecule has 0 atom stereocenters. The van der Waals surface area contributed by atoms with Crippen molar-refractivity contribution in [2.75, 3.05) is 12.4 Å². The molecular weight excluding hydrogens is 270 g/mol. The molecule has 2 aromatic rings. The molecule has 1 heterocycles. The van der Waals surface area contributed by atoms with Gasteiger partial charge in [-0.25, -0.2) is 4.98 Å². The Morgan fingerprint density at radius 3 is 2.76 bits per heavy atom. The number of aryl methyl sites for hydroxylation is 2. The van der Waals surface area contributed by atoms with E-state index in [1.165, 1.54) is 10.6 Å². The molecule has 1 amide bonds. The maximum Gasteiger partial charge on any atom is 0.254 e. The summed E-state index contributed by atoms with van der Waals surface area (Å²) >= 11 is 0. The minimum Gasteiger partial charge on any atom is -0.497 e. The van der Waals surface area contributed by atoms with Crippen LogP contribution in [0.2, 0.25) is 0 Å². The van der Waals surface area contributed by atoms with Crippen molar-refractivity contribution in [1.29, 1.82) is 0 Å². The third-order valence-electron chi connectivity index (χ3n) is 2.98. The van der Waals surface area contributed by atoms with Crippen molar-refractivity contribution >= 4 is 11.6 Å². The molecule has 0 radical (unpaired) electrons. The van der Waals surface area contributed by atoms with Crippen molar-refractivity contribution < 1.29 is 9.53 Å². The Balaban J connectivity index is 2.13. The van der Waals surface area contributed by atoms with E-state index in [-0.39, 0.29) is 18.0 Å². The molecule has 6 heteroatoms. The Labute approximate surface area is 122 Å². The molecule has 0 fully saturated rings. The van der Waals surface area contributed by atoms with Gasteiger partial charge in [-0.1, -0.05) is 6.07 Å². The van der Waals surface area contributed by atoms with Gasteiger partial charge in [0.05, 0.1) is 7.11 Å². The maximum atomic E-state index is 12.0. The first kappa shape index (κ1) is 14.8. The van der Waals surface area contributed by atoms with E-state index in [9.17, 15) is 9.59 Å². The second-order valence-electron chi connectivity index (χ2n) is 4.65. The largest absolute Gasteiger partial charge is 0.497 e. The molecule has 0 unspecified atom stereocenters. The number of carbonyl (C=O) groups is 1. The van der Waals surface area contributed by atoms with Crippen molar-refractivity contribution in [3.63, 3.8) is 0 Å². The molecule has 0 spiro atoms. The number of hydrogen-bond donors (Lipinski definition) is 1. The summed E-state index contributed by atoms with van der Waals surface area (Å²) in [4.78, 5) is 28.1. The van der Waals surface area contributed by atoms with Crippen LogP contribution in [0.4, 0.5) is 5.69 Å². The van der Waals surface area contributed by atoms with Crippen molar-refractivity contribution in [1.82, 2.24) is 9.55 Å². The number of aromatic nitrogens is 2. The predicted molar refractivity (Wildman–Crippen MR) is 79.6 cm³/mol. The number of benzene rings is 1. The number of anilines is 1. The molecule has 0 saturated carbocycles. The fourth-order valence-corrected chi connectivity index (χ4v) is 2.00. The van der Waals surface area contributed by atoms with E-state index in [2.05, 4.69) is 10.3 Å². The molecule has 1 aromatic heterocycles. The van der Waals surface area contributed by atoms with Crippen LogP contribution in [0.1, 0.15) is 11.5 Å². The van der Waals surface area contributed by atoms with Crippen LogP contribution in [-0.4, -0.2) is 22.6 Å². The molecule has 0 bridgehead atoms. The third kappa shape index (κ3) is 3.68. The summed E-state index contributed by atoms with van der Waals surface area (Å²) in [6.45, 7) is 3.37. The Morgan fingerprint density at radius 2 is 2.10 bits per heavy atom. The number of carbonyl (C=O) groups excluding carboxylic acids is 1. The highest BCUT2D eigenvalue weighted by Crippen LogP contribution is 2.16. The first-order chi connectivity index (χ1) is 9.99. The zero-order valence-corrected chi connectivity index (χ0v) is 12.2. The van der Waals surface area contributed by atoms with E-state index >= 15 is 0 Å². The number of rotatable bonds is 4. The second-order valence-corrected chi connectivity index (χ2v) is 4.65. The summed E-state index contributed by atoms with van der Waals surface area (Å²) in [6.07, 6.45) is 0. The molecule has 0 saturated heterocycles. The number of ether oxygens (including phenoxy) is 1. The first-order valence-electron chi connectivity index (χ1n) is 6.48. The average molecular weight is 287 g/mol. The fraction of sp³-hybridized carbons (Fsp3) is 0.267. The summed E-state index contributed by atoms with van der Waals surface area (Å²) < 4.78 is 6.43. The molecule has 21 heavy (non-hydrogen) atoms. The Kier molecular flexibility index (Phi) is 4.37. The van der Waals surface area contributed by atoms with E-state index in [4.69, 9.17) is 4.74 Å². The maximum absolute atomic E-state index is 12.0. The van der Waals surface area contributed by atoms with E-state index in [0.717, 1.165) is 0 Å². The topological polar surface area (TPSA) is 73.2 Å². The Bertz CT molecular complexity index is 722. The van der Waals surface area contributed by atoms with Gasteiger partial charge in [0, 0.05) is 23.5 Å².